The monoisotopic (exact) mass is 482 g/mol. The summed E-state index contributed by atoms with van der Waals surface area (Å²) in [5, 5.41) is 9.09. The summed E-state index contributed by atoms with van der Waals surface area (Å²) in [6, 6.07) is 7.49. The van der Waals surface area contributed by atoms with Crippen molar-refractivity contribution in [2.45, 2.75) is 57.4 Å². The first-order valence-electron chi connectivity index (χ1n) is 13.0. The van der Waals surface area contributed by atoms with Crippen LogP contribution >= 0.6 is 0 Å². The Bertz CT molecular complexity index is 918. The van der Waals surface area contributed by atoms with E-state index in [4.69, 9.17) is 4.74 Å². The Hall–Kier alpha value is -2.87. The number of benzene rings is 1. The van der Waals surface area contributed by atoms with Gasteiger partial charge in [0.25, 0.3) is 5.91 Å². The molecule has 2 heterocycles. The number of amides is 3. The van der Waals surface area contributed by atoms with E-state index in [2.05, 4.69) is 20.9 Å². The van der Waals surface area contributed by atoms with Gasteiger partial charge >= 0.3 is 0 Å². The van der Waals surface area contributed by atoms with E-state index in [9.17, 15) is 14.4 Å². The number of rotatable bonds is 3. The van der Waals surface area contributed by atoms with E-state index in [0.29, 0.717) is 75.9 Å². The van der Waals surface area contributed by atoms with Crippen molar-refractivity contribution in [3.63, 3.8) is 0 Å². The van der Waals surface area contributed by atoms with E-state index in [1.165, 1.54) is 19.3 Å². The third kappa shape index (κ3) is 6.84. The number of fused-ring (bicyclic) bond motifs is 1. The zero-order valence-corrected chi connectivity index (χ0v) is 20.5. The predicted octanol–water partition coefficient (Wildman–Crippen LogP) is 2.40. The molecule has 0 bridgehead atoms. The molecule has 35 heavy (non-hydrogen) atoms. The number of carbonyl (C=O) groups excluding carboxylic acids is 3. The first-order valence-corrected chi connectivity index (χ1v) is 13.0. The van der Waals surface area contributed by atoms with Gasteiger partial charge in [-0.05, 0) is 57.3 Å². The highest BCUT2D eigenvalue weighted by molar-refractivity contribution is 5.97. The van der Waals surface area contributed by atoms with Crippen LogP contribution in [-0.2, 0) is 9.59 Å². The molecule has 2 fully saturated rings. The molecule has 1 spiro atoms. The third-order valence-corrected chi connectivity index (χ3v) is 7.47. The molecule has 3 N–H and O–H groups in total. The van der Waals surface area contributed by atoms with Crippen molar-refractivity contribution in [3.8, 4) is 5.75 Å². The number of piperidine rings is 1. The largest absolute Gasteiger partial charge is 0.489 e. The van der Waals surface area contributed by atoms with Crippen LogP contribution in [-0.4, -0.2) is 68.0 Å². The van der Waals surface area contributed by atoms with Crippen molar-refractivity contribution in [2.75, 3.05) is 39.3 Å². The SMILES string of the molecule is O=C(CN1CCC2(C/C=C/COc3ccccc3C(=O)NCCNC2=O)CC1)NC1CCCCC1. The van der Waals surface area contributed by atoms with Gasteiger partial charge < -0.3 is 20.7 Å². The van der Waals surface area contributed by atoms with E-state index in [1.807, 2.05) is 18.2 Å². The van der Waals surface area contributed by atoms with Gasteiger partial charge in [-0.3, -0.25) is 19.3 Å². The first-order chi connectivity index (χ1) is 17.1. The van der Waals surface area contributed by atoms with E-state index < -0.39 is 5.41 Å². The van der Waals surface area contributed by atoms with Crippen molar-refractivity contribution in [1.82, 2.24) is 20.9 Å². The summed E-state index contributed by atoms with van der Waals surface area (Å²) in [5.74, 6) is 0.438. The topological polar surface area (TPSA) is 99.8 Å². The number of likely N-dealkylation sites (tertiary alicyclic amines) is 1. The first kappa shape index (κ1) is 25.2. The predicted molar refractivity (Wildman–Crippen MR) is 134 cm³/mol. The van der Waals surface area contributed by atoms with Gasteiger partial charge in [0.15, 0.2) is 0 Å². The lowest BCUT2D eigenvalue weighted by Gasteiger charge is -2.40. The number of ether oxygens (including phenoxy) is 1. The van der Waals surface area contributed by atoms with E-state index in [0.717, 1.165) is 12.8 Å². The van der Waals surface area contributed by atoms with Gasteiger partial charge in [-0.15, -0.1) is 0 Å². The average molecular weight is 483 g/mol. The van der Waals surface area contributed by atoms with Crippen LogP contribution in [0.25, 0.3) is 0 Å². The number of allylic oxidation sites excluding steroid dienone is 1. The Morgan fingerprint density at radius 3 is 2.57 bits per heavy atom. The maximum atomic E-state index is 13.2. The lowest BCUT2D eigenvalue weighted by molar-refractivity contribution is -0.134. The summed E-state index contributed by atoms with van der Waals surface area (Å²) in [7, 11) is 0. The third-order valence-electron chi connectivity index (χ3n) is 7.47. The molecular weight excluding hydrogens is 444 g/mol. The van der Waals surface area contributed by atoms with E-state index in [1.54, 1.807) is 18.2 Å². The molecule has 1 aliphatic carbocycles. The highest BCUT2D eigenvalue weighted by atomic mass is 16.5. The van der Waals surface area contributed by atoms with Crippen molar-refractivity contribution in [2.24, 2.45) is 5.41 Å². The fraction of sp³-hybridized carbons (Fsp3) is 0.593. The maximum absolute atomic E-state index is 13.2. The van der Waals surface area contributed by atoms with Crippen LogP contribution in [0.1, 0.15) is 61.7 Å². The van der Waals surface area contributed by atoms with Crippen LogP contribution < -0.4 is 20.7 Å². The molecule has 1 aromatic carbocycles. The summed E-state index contributed by atoms with van der Waals surface area (Å²) in [6.45, 7) is 2.85. The number of nitrogens with zero attached hydrogens (tertiary/aromatic N) is 1. The van der Waals surface area contributed by atoms with E-state index in [-0.39, 0.29) is 17.7 Å². The van der Waals surface area contributed by atoms with Crippen LogP contribution in [0.2, 0.25) is 0 Å². The molecule has 0 aromatic heterocycles. The fourth-order valence-corrected chi connectivity index (χ4v) is 5.32. The standard InChI is InChI=1S/C27H38N4O4/c32-24(30-21-8-2-1-3-9-21)20-31-17-13-27(14-18-31)12-6-7-19-35-23-11-5-4-10-22(23)25(33)28-15-16-29-26(27)34/h4-7,10-11,21H,1-3,8-9,12-20H2,(H,28,33)(H,29,34)(H,30,32)/b7-6+. The van der Waals surface area contributed by atoms with Crippen molar-refractivity contribution in [3.05, 3.63) is 42.0 Å². The highest BCUT2D eigenvalue weighted by Gasteiger charge is 2.40. The Morgan fingerprint density at radius 1 is 1.03 bits per heavy atom. The number of hydrogen-bond acceptors (Lipinski definition) is 5. The normalized spacial score (nSPS) is 23.2. The summed E-state index contributed by atoms with van der Waals surface area (Å²) in [6.07, 6.45) is 11.8. The molecular formula is C27H38N4O4. The molecule has 190 valence electrons. The van der Waals surface area contributed by atoms with Crippen molar-refractivity contribution < 1.29 is 19.1 Å². The summed E-state index contributed by atoms with van der Waals surface area (Å²) >= 11 is 0. The van der Waals surface area contributed by atoms with Crippen LogP contribution in [0.5, 0.6) is 5.75 Å². The van der Waals surface area contributed by atoms with Gasteiger partial charge in [0.1, 0.15) is 12.4 Å². The Morgan fingerprint density at radius 2 is 1.77 bits per heavy atom. The number of para-hydroxylation sites is 1. The highest BCUT2D eigenvalue weighted by Crippen LogP contribution is 2.36. The van der Waals surface area contributed by atoms with Gasteiger partial charge in [-0.25, -0.2) is 0 Å². The molecule has 8 heteroatoms. The minimum Gasteiger partial charge on any atom is -0.489 e. The number of nitrogens with one attached hydrogen (secondary N) is 3. The molecule has 8 nitrogen and oxygen atoms in total. The Labute approximate surface area is 207 Å². The van der Waals surface area contributed by atoms with Crippen LogP contribution in [0.4, 0.5) is 0 Å². The molecule has 0 unspecified atom stereocenters. The average Bonchev–Trinajstić information content (AvgIpc) is 2.87. The molecule has 3 aliphatic rings. The summed E-state index contributed by atoms with van der Waals surface area (Å²) < 4.78 is 5.83. The second-order valence-corrected chi connectivity index (χ2v) is 9.95. The van der Waals surface area contributed by atoms with Crippen molar-refractivity contribution in [1.29, 1.82) is 0 Å². The molecule has 0 atom stereocenters. The lowest BCUT2D eigenvalue weighted by atomic mass is 9.74. The Kier molecular flexibility index (Phi) is 8.79. The zero-order valence-electron chi connectivity index (χ0n) is 20.5. The molecule has 4 rings (SSSR count). The molecule has 3 amide bonds. The van der Waals surface area contributed by atoms with Gasteiger partial charge in [-0.2, -0.15) is 0 Å². The van der Waals surface area contributed by atoms with Crippen LogP contribution in [0.15, 0.2) is 36.4 Å². The smallest absolute Gasteiger partial charge is 0.255 e. The van der Waals surface area contributed by atoms with Gasteiger partial charge in [0.05, 0.1) is 17.5 Å². The van der Waals surface area contributed by atoms with Gasteiger partial charge in [0.2, 0.25) is 11.8 Å². The minimum absolute atomic E-state index is 0.0149. The quantitative estimate of drug-likeness (QED) is 0.575. The Balaban J connectivity index is 1.34. The van der Waals surface area contributed by atoms with Gasteiger partial charge in [-0.1, -0.05) is 43.5 Å². The molecule has 0 radical (unpaired) electrons. The minimum atomic E-state index is -0.515. The summed E-state index contributed by atoms with van der Waals surface area (Å²) in [5.41, 5.74) is -0.0283. The summed E-state index contributed by atoms with van der Waals surface area (Å²) in [4.78, 5) is 40.5. The lowest BCUT2D eigenvalue weighted by Crippen LogP contribution is -2.52. The van der Waals surface area contributed by atoms with Gasteiger partial charge in [0, 0.05) is 19.1 Å². The molecule has 1 saturated heterocycles. The number of hydrogen-bond donors (Lipinski definition) is 3. The number of carbonyl (C=O) groups is 3. The van der Waals surface area contributed by atoms with Crippen LogP contribution in [0.3, 0.4) is 0 Å². The maximum Gasteiger partial charge on any atom is 0.255 e. The molecule has 1 saturated carbocycles. The van der Waals surface area contributed by atoms with Crippen molar-refractivity contribution >= 4 is 17.7 Å². The second kappa shape index (κ2) is 12.2. The molecule has 2 aliphatic heterocycles. The van der Waals surface area contributed by atoms with Crippen LogP contribution in [0, 0.1) is 5.41 Å². The van der Waals surface area contributed by atoms with E-state index >= 15 is 0 Å². The second-order valence-electron chi connectivity index (χ2n) is 9.95. The zero-order chi connectivity index (χ0) is 24.5. The molecule has 1 aromatic rings. The fourth-order valence-electron chi connectivity index (χ4n) is 5.32.